The van der Waals surface area contributed by atoms with Gasteiger partial charge in [0.05, 0.1) is 25.6 Å². The largest absolute Gasteiger partial charge is 0.493 e. The minimum absolute atomic E-state index is 0.663. The van der Waals surface area contributed by atoms with Crippen molar-refractivity contribution in [2.75, 3.05) is 33.0 Å². The maximum atomic E-state index is 6.04. The molecule has 0 atom stereocenters. The fourth-order valence-electron chi connectivity index (χ4n) is 3.26. The molecule has 0 saturated heterocycles. The molecule has 28 heavy (non-hydrogen) atoms. The molecular weight excluding hydrogens is 352 g/mol. The third kappa shape index (κ3) is 3.87. The molecule has 0 fully saturated rings. The van der Waals surface area contributed by atoms with Gasteiger partial charge in [-0.05, 0) is 30.3 Å². The minimum atomic E-state index is 0.663. The predicted octanol–water partition coefficient (Wildman–Crippen LogP) is 3.77. The molecule has 6 heteroatoms. The van der Waals surface area contributed by atoms with Crippen LogP contribution < -0.4 is 15.2 Å². The van der Waals surface area contributed by atoms with Crippen molar-refractivity contribution in [2.45, 2.75) is 6.54 Å². The first-order valence-electron chi connectivity index (χ1n) is 9.04. The molecule has 0 saturated carbocycles. The number of hydrogen-bond donors (Lipinski definition) is 1. The number of nitrogens with two attached hydrogens (primary N) is 1. The standard InChI is InChI=1S/C22H26N4O2/c1-5-11-25(12-6-2)15-18-22(24-21-10-8-17(23)14-26(18)21)16-7-9-19(27-3)20(13-16)28-4/h5-10,13-14H,1-2,11-12,15,23H2,3-4H3. The number of anilines is 1. The summed E-state index contributed by atoms with van der Waals surface area (Å²) in [6, 6.07) is 9.60. The first kappa shape index (κ1) is 19.5. The third-order valence-corrected chi connectivity index (χ3v) is 4.55. The van der Waals surface area contributed by atoms with Crippen LogP contribution in [-0.2, 0) is 6.54 Å². The fraction of sp³-hybridized carbons (Fsp3) is 0.227. The van der Waals surface area contributed by atoms with Crippen molar-refractivity contribution in [1.82, 2.24) is 14.3 Å². The highest BCUT2D eigenvalue weighted by Crippen LogP contribution is 2.34. The van der Waals surface area contributed by atoms with Crippen LogP contribution in [0.15, 0.2) is 61.8 Å². The third-order valence-electron chi connectivity index (χ3n) is 4.55. The van der Waals surface area contributed by atoms with Gasteiger partial charge in [-0.25, -0.2) is 4.98 Å². The Kier molecular flexibility index (Phi) is 6.01. The normalized spacial score (nSPS) is 11.0. The number of imidazole rings is 1. The molecule has 3 aromatic rings. The number of ether oxygens (including phenoxy) is 2. The molecule has 0 unspecified atom stereocenters. The lowest BCUT2D eigenvalue weighted by molar-refractivity contribution is 0.323. The summed E-state index contributed by atoms with van der Waals surface area (Å²) in [4.78, 5) is 7.09. The Bertz CT molecular complexity index is 984. The van der Waals surface area contributed by atoms with E-state index in [4.69, 9.17) is 20.2 Å². The Labute approximate surface area is 165 Å². The molecule has 0 spiro atoms. The zero-order valence-electron chi connectivity index (χ0n) is 16.4. The lowest BCUT2D eigenvalue weighted by atomic mass is 10.1. The average molecular weight is 378 g/mol. The SMILES string of the molecule is C=CCN(CC=C)Cc1c(-c2ccc(OC)c(OC)c2)nc2ccc(N)cn12. The van der Waals surface area contributed by atoms with Gasteiger partial charge in [-0.2, -0.15) is 0 Å². The van der Waals surface area contributed by atoms with Gasteiger partial charge in [0, 0.05) is 37.1 Å². The zero-order chi connectivity index (χ0) is 20.1. The Morgan fingerprint density at radius 3 is 2.43 bits per heavy atom. The second-order valence-corrected chi connectivity index (χ2v) is 6.44. The molecule has 2 aromatic heterocycles. The summed E-state index contributed by atoms with van der Waals surface area (Å²) in [6.07, 6.45) is 5.68. The summed E-state index contributed by atoms with van der Waals surface area (Å²) in [7, 11) is 3.25. The highest BCUT2D eigenvalue weighted by molar-refractivity contribution is 5.70. The van der Waals surface area contributed by atoms with E-state index in [2.05, 4.69) is 18.1 Å². The van der Waals surface area contributed by atoms with Gasteiger partial charge in [0.1, 0.15) is 5.65 Å². The van der Waals surface area contributed by atoms with Crippen LogP contribution in [0.2, 0.25) is 0 Å². The van der Waals surface area contributed by atoms with Crippen LogP contribution in [0.3, 0.4) is 0 Å². The van der Waals surface area contributed by atoms with E-state index in [1.165, 1.54) is 0 Å². The second-order valence-electron chi connectivity index (χ2n) is 6.44. The summed E-state index contributed by atoms with van der Waals surface area (Å²) in [5.74, 6) is 1.34. The molecular formula is C22H26N4O2. The number of rotatable bonds is 9. The van der Waals surface area contributed by atoms with Crippen molar-refractivity contribution in [2.24, 2.45) is 0 Å². The van der Waals surface area contributed by atoms with Crippen LogP contribution in [0.25, 0.3) is 16.9 Å². The number of fused-ring (bicyclic) bond motifs is 1. The van der Waals surface area contributed by atoms with Gasteiger partial charge >= 0.3 is 0 Å². The monoisotopic (exact) mass is 378 g/mol. The number of aromatic nitrogens is 2. The Balaban J connectivity index is 2.16. The van der Waals surface area contributed by atoms with Crippen LogP contribution in [0.4, 0.5) is 5.69 Å². The summed E-state index contributed by atoms with van der Waals surface area (Å²) in [6.45, 7) is 9.88. The predicted molar refractivity (Wildman–Crippen MR) is 114 cm³/mol. The summed E-state index contributed by atoms with van der Waals surface area (Å²) >= 11 is 0. The van der Waals surface area contributed by atoms with Crippen molar-refractivity contribution in [1.29, 1.82) is 0 Å². The van der Waals surface area contributed by atoms with Gasteiger partial charge in [0.2, 0.25) is 0 Å². The van der Waals surface area contributed by atoms with Gasteiger partial charge in [0.25, 0.3) is 0 Å². The Morgan fingerprint density at radius 2 is 1.79 bits per heavy atom. The lowest BCUT2D eigenvalue weighted by Crippen LogP contribution is -2.24. The summed E-state index contributed by atoms with van der Waals surface area (Å²) in [5.41, 5.74) is 10.4. The Morgan fingerprint density at radius 1 is 1.07 bits per heavy atom. The van der Waals surface area contributed by atoms with Crippen LogP contribution >= 0.6 is 0 Å². The highest BCUT2D eigenvalue weighted by Gasteiger charge is 2.18. The molecule has 0 radical (unpaired) electrons. The molecule has 1 aromatic carbocycles. The summed E-state index contributed by atoms with van der Waals surface area (Å²) < 4.78 is 12.9. The molecule has 0 aliphatic heterocycles. The molecule has 0 aliphatic rings. The van der Waals surface area contributed by atoms with E-state index in [0.29, 0.717) is 23.7 Å². The van der Waals surface area contributed by atoms with Gasteiger partial charge in [-0.3, -0.25) is 4.90 Å². The molecule has 2 N–H and O–H groups in total. The number of nitrogens with zero attached hydrogens (tertiary/aromatic N) is 3. The van der Waals surface area contributed by atoms with E-state index in [1.54, 1.807) is 14.2 Å². The van der Waals surface area contributed by atoms with Crippen LogP contribution in [0.1, 0.15) is 5.69 Å². The number of pyridine rings is 1. The number of hydrogen-bond acceptors (Lipinski definition) is 5. The molecule has 0 amide bonds. The molecule has 2 heterocycles. The van der Waals surface area contributed by atoms with E-state index in [9.17, 15) is 0 Å². The van der Waals surface area contributed by atoms with Crippen molar-refractivity contribution in [3.8, 4) is 22.8 Å². The van der Waals surface area contributed by atoms with Gasteiger partial charge in [0.15, 0.2) is 11.5 Å². The molecule has 3 rings (SSSR count). The lowest BCUT2D eigenvalue weighted by Gasteiger charge is -2.19. The van der Waals surface area contributed by atoms with Gasteiger partial charge < -0.3 is 19.6 Å². The maximum absolute atomic E-state index is 6.04. The van der Waals surface area contributed by atoms with E-state index < -0.39 is 0 Å². The molecule has 146 valence electrons. The Hall–Kier alpha value is -3.25. The number of nitrogen functional groups attached to an aromatic ring is 1. The summed E-state index contributed by atoms with van der Waals surface area (Å²) in [5, 5.41) is 0. The van der Waals surface area contributed by atoms with Crippen LogP contribution in [0.5, 0.6) is 11.5 Å². The van der Waals surface area contributed by atoms with Gasteiger partial charge in [-0.15, -0.1) is 13.2 Å². The quantitative estimate of drug-likeness (QED) is 0.574. The van der Waals surface area contributed by atoms with E-state index in [0.717, 1.165) is 35.7 Å². The smallest absolute Gasteiger partial charge is 0.161 e. The first-order chi connectivity index (χ1) is 13.6. The van der Waals surface area contributed by atoms with Crippen LogP contribution in [0, 0.1) is 0 Å². The van der Waals surface area contributed by atoms with E-state index in [1.807, 2.05) is 53.1 Å². The topological polar surface area (TPSA) is 65.0 Å². The molecule has 0 aliphatic carbocycles. The van der Waals surface area contributed by atoms with Crippen molar-refractivity contribution in [3.63, 3.8) is 0 Å². The van der Waals surface area contributed by atoms with E-state index in [-0.39, 0.29) is 0 Å². The first-order valence-corrected chi connectivity index (χ1v) is 9.04. The maximum Gasteiger partial charge on any atom is 0.161 e. The van der Waals surface area contributed by atoms with E-state index >= 15 is 0 Å². The second kappa shape index (κ2) is 8.63. The van der Waals surface area contributed by atoms with Gasteiger partial charge in [-0.1, -0.05) is 12.2 Å². The fourth-order valence-corrected chi connectivity index (χ4v) is 3.26. The number of benzene rings is 1. The molecule has 6 nitrogen and oxygen atoms in total. The zero-order valence-corrected chi connectivity index (χ0v) is 16.4. The average Bonchev–Trinajstić information content (AvgIpc) is 3.05. The highest BCUT2D eigenvalue weighted by atomic mass is 16.5. The van der Waals surface area contributed by atoms with Crippen molar-refractivity contribution >= 4 is 11.3 Å². The van der Waals surface area contributed by atoms with Crippen molar-refractivity contribution < 1.29 is 9.47 Å². The number of methoxy groups -OCH3 is 2. The van der Waals surface area contributed by atoms with Crippen LogP contribution in [-0.4, -0.2) is 41.6 Å². The minimum Gasteiger partial charge on any atom is -0.493 e. The van der Waals surface area contributed by atoms with Crippen molar-refractivity contribution in [3.05, 3.63) is 67.5 Å². The molecule has 0 bridgehead atoms.